The Morgan fingerprint density at radius 1 is 1.24 bits per heavy atom. The Kier molecular flexibility index (Phi) is 4.43. The molecule has 0 aliphatic heterocycles. The zero-order chi connectivity index (χ0) is 18.0. The van der Waals surface area contributed by atoms with E-state index in [0.29, 0.717) is 29.7 Å². The molecule has 1 N–H and O–H groups in total. The van der Waals surface area contributed by atoms with Crippen LogP contribution in [0.2, 0.25) is 0 Å². The molecule has 0 aliphatic rings. The first-order valence-corrected chi connectivity index (χ1v) is 7.70. The van der Waals surface area contributed by atoms with Crippen molar-refractivity contribution in [2.75, 3.05) is 5.32 Å². The number of aryl methyl sites for hydroxylation is 1. The molecular weight excluding hydrogens is 333 g/mol. The second-order valence-corrected chi connectivity index (χ2v) is 5.47. The average Bonchev–Trinajstić information content (AvgIpc) is 2.93. The van der Waals surface area contributed by atoms with Gasteiger partial charge in [0.25, 0.3) is 5.91 Å². The van der Waals surface area contributed by atoms with Crippen molar-refractivity contribution < 1.29 is 18.0 Å². The molecule has 3 rings (SSSR count). The molecule has 8 heteroatoms. The van der Waals surface area contributed by atoms with Crippen LogP contribution in [0.4, 0.5) is 19.0 Å². The Morgan fingerprint density at radius 3 is 2.68 bits per heavy atom. The van der Waals surface area contributed by atoms with E-state index < -0.39 is 17.6 Å². The van der Waals surface area contributed by atoms with Gasteiger partial charge in [0.15, 0.2) is 0 Å². The predicted molar refractivity (Wildman–Crippen MR) is 86.4 cm³/mol. The first kappa shape index (κ1) is 16.9. The number of carbonyl (C=O) groups is 1. The van der Waals surface area contributed by atoms with Crippen molar-refractivity contribution in [2.24, 2.45) is 0 Å². The van der Waals surface area contributed by atoms with E-state index in [2.05, 4.69) is 15.3 Å². The van der Waals surface area contributed by atoms with Crippen molar-refractivity contribution in [2.45, 2.75) is 25.9 Å². The van der Waals surface area contributed by atoms with Crippen molar-refractivity contribution in [3.8, 4) is 0 Å². The Hall–Kier alpha value is -2.90. The van der Waals surface area contributed by atoms with Crippen LogP contribution in [-0.2, 0) is 12.6 Å². The minimum atomic E-state index is -4.47. The highest BCUT2D eigenvalue weighted by atomic mass is 19.4. The summed E-state index contributed by atoms with van der Waals surface area (Å²) in [6.07, 6.45) is -0.632. The highest BCUT2D eigenvalue weighted by Crippen LogP contribution is 2.29. The van der Waals surface area contributed by atoms with Gasteiger partial charge >= 0.3 is 6.18 Å². The molecule has 0 aromatic carbocycles. The van der Waals surface area contributed by atoms with Gasteiger partial charge < -0.3 is 5.32 Å². The lowest BCUT2D eigenvalue weighted by Crippen LogP contribution is -2.17. The Morgan fingerprint density at radius 2 is 2.04 bits per heavy atom. The van der Waals surface area contributed by atoms with Crippen LogP contribution in [-0.4, -0.2) is 20.3 Å². The summed E-state index contributed by atoms with van der Waals surface area (Å²) in [6.45, 7) is 1.98. The number of halogens is 3. The van der Waals surface area contributed by atoms with Crippen LogP contribution in [0.5, 0.6) is 0 Å². The second-order valence-electron chi connectivity index (χ2n) is 5.47. The first-order valence-electron chi connectivity index (χ1n) is 7.70. The molecule has 0 atom stereocenters. The van der Waals surface area contributed by atoms with E-state index in [1.807, 2.05) is 13.0 Å². The van der Waals surface area contributed by atoms with Crippen LogP contribution >= 0.6 is 0 Å². The number of hydrogen-bond acceptors (Lipinski definition) is 3. The number of anilines is 1. The first-order chi connectivity index (χ1) is 11.9. The molecule has 0 unspecified atom stereocenters. The van der Waals surface area contributed by atoms with Gasteiger partial charge in [-0.1, -0.05) is 19.4 Å². The maximum absolute atomic E-state index is 12.6. The van der Waals surface area contributed by atoms with Crippen LogP contribution in [0.1, 0.15) is 35.1 Å². The fourth-order valence-electron chi connectivity index (χ4n) is 2.51. The maximum atomic E-state index is 12.6. The predicted octanol–water partition coefficient (Wildman–Crippen LogP) is 3.95. The molecule has 0 saturated heterocycles. The molecule has 0 saturated carbocycles. The van der Waals surface area contributed by atoms with Crippen LogP contribution in [0, 0.1) is 0 Å². The molecular formula is C17H15F3N4O. The molecule has 0 aliphatic carbocycles. The monoisotopic (exact) mass is 348 g/mol. The molecule has 1 amide bonds. The Bertz CT molecular complexity index is 900. The van der Waals surface area contributed by atoms with Crippen LogP contribution in [0.15, 0.2) is 42.7 Å². The largest absolute Gasteiger partial charge is 0.417 e. The molecule has 0 bridgehead atoms. The third kappa shape index (κ3) is 3.47. The maximum Gasteiger partial charge on any atom is 0.417 e. The van der Waals surface area contributed by atoms with Gasteiger partial charge in [0.1, 0.15) is 17.2 Å². The van der Waals surface area contributed by atoms with Crippen molar-refractivity contribution in [1.82, 2.24) is 14.4 Å². The number of imidazole rings is 1. The van der Waals surface area contributed by atoms with E-state index in [1.54, 1.807) is 22.7 Å². The number of rotatable bonds is 4. The summed E-state index contributed by atoms with van der Waals surface area (Å²) in [7, 11) is 0. The molecule has 3 heterocycles. The number of nitrogens with zero attached hydrogens (tertiary/aromatic N) is 3. The molecule has 3 aromatic heterocycles. The smallest absolute Gasteiger partial charge is 0.305 e. The van der Waals surface area contributed by atoms with E-state index in [9.17, 15) is 18.0 Å². The van der Waals surface area contributed by atoms with Crippen LogP contribution < -0.4 is 5.32 Å². The molecule has 5 nitrogen and oxygen atoms in total. The zero-order valence-corrected chi connectivity index (χ0v) is 13.3. The quantitative estimate of drug-likeness (QED) is 0.777. The zero-order valence-electron chi connectivity index (χ0n) is 13.3. The number of nitrogens with one attached hydrogen (secondary N) is 1. The van der Waals surface area contributed by atoms with Crippen LogP contribution in [0.25, 0.3) is 5.65 Å². The summed E-state index contributed by atoms with van der Waals surface area (Å²) in [5, 5.41) is 2.54. The summed E-state index contributed by atoms with van der Waals surface area (Å²) < 4.78 is 39.4. The van der Waals surface area contributed by atoms with E-state index >= 15 is 0 Å². The van der Waals surface area contributed by atoms with E-state index in [-0.39, 0.29) is 5.82 Å². The van der Waals surface area contributed by atoms with Gasteiger partial charge in [-0.25, -0.2) is 9.97 Å². The molecule has 130 valence electrons. The number of alkyl halides is 3. The molecule has 25 heavy (non-hydrogen) atoms. The minimum absolute atomic E-state index is 0.0475. The summed E-state index contributed by atoms with van der Waals surface area (Å²) >= 11 is 0. The summed E-state index contributed by atoms with van der Waals surface area (Å²) in [4.78, 5) is 20.7. The standard InChI is InChI=1S/C17H15F3N4O/c1-2-5-12-15(24-9-4-3-6-14(24)22-12)16(25)23-13-8-7-11(10-21-13)17(18,19)20/h3-4,6-10H,2,5H2,1H3,(H,21,23,25). The van der Waals surface area contributed by atoms with Crippen molar-refractivity contribution in [1.29, 1.82) is 0 Å². The topological polar surface area (TPSA) is 59.3 Å². The fraction of sp³-hybridized carbons (Fsp3) is 0.235. The summed E-state index contributed by atoms with van der Waals surface area (Å²) in [5.74, 6) is -0.416. The third-order valence-electron chi connectivity index (χ3n) is 3.64. The van der Waals surface area contributed by atoms with Gasteiger partial charge in [-0.05, 0) is 30.7 Å². The van der Waals surface area contributed by atoms with Crippen molar-refractivity contribution >= 4 is 17.4 Å². The lowest BCUT2D eigenvalue weighted by molar-refractivity contribution is -0.137. The Labute approximate surface area is 141 Å². The number of hydrogen-bond donors (Lipinski definition) is 1. The van der Waals surface area contributed by atoms with E-state index in [4.69, 9.17) is 0 Å². The van der Waals surface area contributed by atoms with Crippen molar-refractivity contribution in [3.05, 3.63) is 59.7 Å². The third-order valence-corrected chi connectivity index (χ3v) is 3.64. The second kappa shape index (κ2) is 6.54. The summed E-state index contributed by atoms with van der Waals surface area (Å²) in [6, 6.07) is 7.38. The highest BCUT2D eigenvalue weighted by molar-refractivity contribution is 6.04. The lowest BCUT2D eigenvalue weighted by atomic mass is 10.2. The van der Waals surface area contributed by atoms with E-state index in [1.165, 1.54) is 0 Å². The van der Waals surface area contributed by atoms with Gasteiger partial charge in [0.05, 0.1) is 11.3 Å². The van der Waals surface area contributed by atoms with Crippen LogP contribution in [0.3, 0.4) is 0 Å². The molecule has 0 fully saturated rings. The summed E-state index contributed by atoms with van der Waals surface area (Å²) in [5.41, 5.74) is 0.765. The van der Waals surface area contributed by atoms with E-state index in [0.717, 1.165) is 18.6 Å². The molecule has 0 radical (unpaired) electrons. The van der Waals surface area contributed by atoms with Gasteiger partial charge in [-0.3, -0.25) is 9.20 Å². The SMILES string of the molecule is CCCc1nc2ccccn2c1C(=O)Nc1ccc(C(F)(F)F)cn1. The number of pyridine rings is 2. The van der Waals surface area contributed by atoms with Crippen molar-refractivity contribution in [3.63, 3.8) is 0 Å². The highest BCUT2D eigenvalue weighted by Gasteiger charge is 2.30. The molecule has 0 spiro atoms. The number of fused-ring (bicyclic) bond motifs is 1. The normalized spacial score (nSPS) is 11.7. The van der Waals surface area contributed by atoms with Gasteiger partial charge in [0, 0.05) is 12.4 Å². The van der Waals surface area contributed by atoms with Gasteiger partial charge in [0.2, 0.25) is 0 Å². The number of amides is 1. The van der Waals surface area contributed by atoms with Gasteiger partial charge in [-0.15, -0.1) is 0 Å². The number of aromatic nitrogens is 3. The fourth-order valence-corrected chi connectivity index (χ4v) is 2.51. The minimum Gasteiger partial charge on any atom is -0.305 e. The Balaban J connectivity index is 1.91. The average molecular weight is 348 g/mol. The number of carbonyl (C=O) groups excluding carboxylic acids is 1. The molecule has 3 aromatic rings. The van der Waals surface area contributed by atoms with Gasteiger partial charge in [-0.2, -0.15) is 13.2 Å². The lowest BCUT2D eigenvalue weighted by Gasteiger charge is -2.08.